The zero-order valence-corrected chi connectivity index (χ0v) is 17.0. The number of aryl methyl sites for hydroxylation is 1. The van der Waals surface area contributed by atoms with Crippen molar-refractivity contribution in [2.45, 2.75) is 37.7 Å². The van der Waals surface area contributed by atoms with Gasteiger partial charge in [-0.2, -0.15) is 0 Å². The highest BCUT2D eigenvalue weighted by Gasteiger charge is 2.27. The summed E-state index contributed by atoms with van der Waals surface area (Å²) in [6, 6.07) is 1.88. The lowest BCUT2D eigenvalue weighted by Crippen LogP contribution is -2.50. The van der Waals surface area contributed by atoms with Crippen LogP contribution in [-0.4, -0.2) is 68.4 Å². The van der Waals surface area contributed by atoms with Crippen LogP contribution in [0.2, 0.25) is 0 Å². The molecule has 3 heterocycles. The molecule has 1 fully saturated rings. The van der Waals surface area contributed by atoms with Gasteiger partial charge in [0.25, 0.3) is 0 Å². The van der Waals surface area contributed by atoms with Crippen LogP contribution in [0.4, 0.5) is 0 Å². The van der Waals surface area contributed by atoms with Crippen LogP contribution in [0, 0.1) is 6.92 Å². The SMILES string of the molecule is C=CCn1c(SC(C)C(=O)N2CCN(CC)CC2)nnc1-c1ccoc1C. The molecule has 27 heavy (non-hydrogen) atoms. The summed E-state index contributed by atoms with van der Waals surface area (Å²) < 4.78 is 7.38. The molecule has 1 aliphatic heterocycles. The van der Waals surface area contributed by atoms with Gasteiger partial charge in [-0.05, 0) is 26.5 Å². The van der Waals surface area contributed by atoms with Gasteiger partial charge in [0.1, 0.15) is 5.76 Å². The molecule has 3 rings (SSSR count). The summed E-state index contributed by atoms with van der Waals surface area (Å²) in [7, 11) is 0. The second-order valence-corrected chi connectivity index (χ2v) is 7.92. The lowest BCUT2D eigenvalue weighted by Gasteiger charge is -2.35. The monoisotopic (exact) mass is 389 g/mol. The normalized spacial score (nSPS) is 16.5. The molecule has 2 aromatic rings. The molecule has 0 spiro atoms. The van der Waals surface area contributed by atoms with Gasteiger partial charge in [0.2, 0.25) is 5.91 Å². The van der Waals surface area contributed by atoms with Crippen LogP contribution in [-0.2, 0) is 11.3 Å². The van der Waals surface area contributed by atoms with Crippen LogP contribution in [0.5, 0.6) is 0 Å². The largest absolute Gasteiger partial charge is 0.469 e. The first-order chi connectivity index (χ1) is 13.0. The number of allylic oxidation sites excluding steroid dienone is 1. The number of amides is 1. The quantitative estimate of drug-likeness (QED) is 0.536. The molecule has 0 N–H and O–H groups in total. The Kier molecular flexibility index (Phi) is 6.38. The first-order valence-electron chi connectivity index (χ1n) is 9.31. The molecule has 0 aromatic carbocycles. The average Bonchev–Trinajstić information content (AvgIpc) is 3.27. The number of hydrogen-bond acceptors (Lipinski definition) is 6. The van der Waals surface area contributed by atoms with Gasteiger partial charge >= 0.3 is 0 Å². The highest BCUT2D eigenvalue weighted by Crippen LogP contribution is 2.29. The van der Waals surface area contributed by atoms with Gasteiger partial charge in [-0.25, -0.2) is 0 Å². The van der Waals surface area contributed by atoms with E-state index in [0.29, 0.717) is 6.54 Å². The van der Waals surface area contributed by atoms with E-state index in [0.717, 1.165) is 55.0 Å². The Morgan fingerprint density at radius 3 is 2.70 bits per heavy atom. The predicted molar refractivity (Wildman–Crippen MR) is 107 cm³/mol. The minimum Gasteiger partial charge on any atom is -0.469 e. The Bertz CT molecular complexity index is 792. The topological polar surface area (TPSA) is 67.4 Å². The summed E-state index contributed by atoms with van der Waals surface area (Å²) in [6.07, 6.45) is 3.45. The summed E-state index contributed by atoms with van der Waals surface area (Å²) in [6.45, 7) is 14.9. The molecule has 1 atom stereocenters. The van der Waals surface area contributed by atoms with Gasteiger partial charge in [0.15, 0.2) is 11.0 Å². The number of nitrogens with zero attached hydrogens (tertiary/aromatic N) is 5. The first-order valence-corrected chi connectivity index (χ1v) is 10.2. The summed E-state index contributed by atoms with van der Waals surface area (Å²) in [4.78, 5) is 17.2. The second kappa shape index (κ2) is 8.75. The number of piperazine rings is 1. The van der Waals surface area contributed by atoms with Crippen molar-refractivity contribution in [2.75, 3.05) is 32.7 Å². The lowest BCUT2D eigenvalue weighted by atomic mass is 10.2. The van der Waals surface area contributed by atoms with Crippen molar-refractivity contribution in [3.8, 4) is 11.4 Å². The molecule has 0 aliphatic carbocycles. The molecule has 7 nitrogen and oxygen atoms in total. The minimum atomic E-state index is -0.218. The Morgan fingerprint density at radius 2 is 2.11 bits per heavy atom. The molecular weight excluding hydrogens is 362 g/mol. The fourth-order valence-electron chi connectivity index (χ4n) is 3.24. The summed E-state index contributed by atoms with van der Waals surface area (Å²) >= 11 is 1.45. The van der Waals surface area contributed by atoms with Crippen molar-refractivity contribution in [1.29, 1.82) is 0 Å². The summed E-state index contributed by atoms with van der Waals surface area (Å²) in [5.41, 5.74) is 0.908. The number of likely N-dealkylation sites (N-methyl/N-ethyl adjacent to an activating group) is 1. The molecule has 1 amide bonds. The molecule has 0 saturated carbocycles. The third-order valence-corrected chi connectivity index (χ3v) is 5.96. The fourth-order valence-corrected chi connectivity index (χ4v) is 4.18. The summed E-state index contributed by atoms with van der Waals surface area (Å²) in [5.74, 6) is 1.69. The third kappa shape index (κ3) is 4.27. The van der Waals surface area contributed by atoms with Crippen molar-refractivity contribution in [1.82, 2.24) is 24.6 Å². The zero-order valence-electron chi connectivity index (χ0n) is 16.2. The van der Waals surface area contributed by atoms with Crippen LogP contribution in [0.25, 0.3) is 11.4 Å². The molecular formula is C19H27N5O2S. The van der Waals surface area contributed by atoms with Crippen molar-refractivity contribution in [3.05, 3.63) is 30.7 Å². The summed E-state index contributed by atoms with van der Waals surface area (Å²) in [5, 5.41) is 9.17. The number of rotatable bonds is 7. The van der Waals surface area contributed by atoms with Crippen molar-refractivity contribution < 1.29 is 9.21 Å². The predicted octanol–water partition coefficient (Wildman–Crippen LogP) is 2.68. The number of carbonyl (C=O) groups is 1. The minimum absolute atomic E-state index is 0.157. The molecule has 0 bridgehead atoms. The Hall–Kier alpha value is -2.06. The number of thioether (sulfide) groups is 1. The van der Waals surface area contributed by atoms with Crippen molar-refractivity contribution in [3.63, 3.8) is 0 Å². The van der Waals surface area contributed by atoms with Crippen LogP contribution in [0.15, 0.2) is 34.6 Å². The number of carbonyl (C=O) groups excluding carboxylic acids is 1. The molecule has 146 valence electrons. The van der Waals surface area contributed by atoms with Crippen LogP contribution >= 0.6 is 11.8 Å². The molecule has 8 heteroatoms. The molecule has 1 unspecified atom stereocenters. The first kappa shape index (κ1) is 19.7. The van der Waals surface area contributed by atoms with E-state index in [1.165, 1.54) is 11.8 Å². The van der Waals surface area contributed by atoms with Crippen LogP contribution < -0.4 is 0 Å². The number of furan rings is 1. The third-order valence-electron chi connectivity index (χ3n) is 4.89. The fraction of sp³-hybridized carbons (Fsp3) is 0.526. The average molecular weight is 390 g/mol. The molecule has 2 aromatic heterocycles. The lowest BCUT2D eigenvalue weighted by molar-refractivity contribution is -0.132. The maximum absolute atomic E-state index is 12.9. The molecule has 1 saturated heterocycles. The number of aromatic nitrogens is 3. The zero-order chi connectivity index (χ0) is 19.4. The van der Waals surface area contributed by atoms with E-state index >= 15 is 0 Å². The van der Waals surface area contributed by atoms with Gasteiger partial charge in [-0.1, -0.05) is 24.8 Å². The molecule has 1 aliphatic rings. The highest BCUT2D eigenvalue weighted by molar-refractivity contribution is 8.00. The van der Waals surface area contributed by atoms with E-state index in [4.69, 9.17) is 4.42 Å². The molecule has 0 radical (unpaired) electrons. The van der Waals surface area contributed by atoms with E-state index in [1.807, 2.05) is 35.5 Å². The van der Waals surface area contributed by atoms with E-state index in [2.05, 4.69) is 28.6 Å². The van der Waals surface area contributed by atoms with Gasteiger partial charge in [0.05, 0.1) is 17.1 Å². The van der Waals surface area contributed by atoms with E-state index < -0.39 is 0 Å². The maximum atomic E-state index is 12.9. The Labute approximate surface area is 164 Å². The van der Waals surface area contributed by atoms with E-state index in [-0.39, 0.29) is 11.2 Å². The van der Waals surface area contributed by atoms with E-state index in [9.17, 15) is 4.79 Å². The van der Waals surface area contributed by atoms with Crippen LogP contribution in [0.1, 0.15) is 19.6 Å². The van der Waals surface area contributed by atoms with E-state index in [1.54, 1.807) is 6.26 Å². The van der Waals surface area contributed by atoms with Crippen molar-refractivity contribution in [2.24, 2.45) is 0 Å². The maximum Gasteiger partial charge on any atom is 0.235 e. The number of hydrogen-bond donors (Lipinski definition) is 0. The van der Waals surface area contributed by atoms with Gasteiger partial charge < -0.3 is 14.2 Å². The highest BCUT2D eigenvalue weighted by atomic mass is 32.2. The smallest absolute Gasteiger partial charge is 0.235 e. The Balaban J connectivity index is 1.73. The van der Waals surface area contributed by atoms with Gasteiger partial charge in [0, 0.05) is 32.7 Å². The Morgan fingerprint density at radius 1 is 1.37 bits per heavy atom. The van der Waals surface area contributed by atoms with Crippen LogP contribution in [0.3, 0.4) is 0 Å². The second-order valence-electron chi connectivity index (χ2n) is 6.62. The van der Waals surface area contributed by atoms with Crippen molar-refractivity contribution >= 4 is 17.7 Å². The van der Waals surface area contributed by atoms with Gasteiger partial charge in [-0.15, -0.1) is 16.8 Å². The van der Waals surface area contributed by atoms with Gasteiger partial charge in [-0.3, -0.25) is 9.36 Å². The standard InChI is InChI=1S/C19H27N5O2S/c1-5-8-24-17(16-7-13-26-14(16)3)20-21-19(24)27-15(4)18(25)23-11-9-22(6-2)10-12-23/h5,7,13,15H,1,6,8-12H2,2-4H3.